The largest absolute Gasteiger partial charge is 0.465 e. The van der Waals surface area contributed by atoms with E-state index in [0.717, 1.165) is 8.66 Å². The van der Waals surface area contributed by atoms with Crippen LogP contribution in [0.3, 0.4) is 0 Å². The van der Waals surface area contributed by atoms with Crippen molar-refractivity contribution in [3.8, 4) is 0 Å². The van der Waals surface area contributed by atoms with Crippen molar-refractivity contribution in [3.05, 3.63) is 20.8 Å². The van der Waals surface area contributed by atoms with Crippen molar-refractivity contribution in [3.63, 3.8) is 0 Å². The highest BCUT2D eigenvalue weighted by Crippen LogP contribution is 2.27. The Morgan fingerprint density at radius 3 is 2.86 bits per heavy atom. The number of nitrogens with one attached hydrogen (secondary N) is 1. The van der Waals surface area contributed by atoms with Crippen molar-refractivity contribution in [2.45, 2.75) is 13.0 Å². The fraction of sp³-hybridized carbons (Fsp3) is 0.444. The van der Waals surface area contributed by atoms with Crippen molar-refractivity contribution in [1.82, 2.24) is 5.32 Å². The number of rotatable bonds is 4. The Kier molecular flexibility index (Phi) is 4.57. The van der Waals surface area contributed by atoms with Gasteiger partial charge < -0.3 is 10.1 Å². The lowest BCUT2D eigenvalue weighted by atomic mass is 10.2. The van der Waals surface area contributed by atoms with Crippen molar-refractivity contribution < 1.29 is 9.53 Å². The van der Waals surface area contributed by atoms with Gasteiger partial charge in [-0.3, -0.25) is 0 Å². The van der Waals surface area contributed by atoms with Gasteiger partial charge in [0.05, 0.1) is 10.4 Å². The Labute approximate surface area is 95.6 Å². The molecular weight excluding hydrogens is 266 g/mol. The lowest BCUT2D eigenvalue weighted by molar-refractivity contribution is -0.145. The summed E-state index contributed by atoms with van der Waals surface area (Å²) in [6.45, 7) is 2.21. The zero-order valence-electron chi connectivity index (χ0n) is 8.04. The highest BCUT2D eigenvalue weighted by atomic mass is 79.9. The SMILES string of the molecule is CCOC(=O)C(NC)c1ccc(Br)s1. The molecule has 0 saturated heterocycles. The predicted octanol–water partition coefficient (Wildman–Crippen LogP) is 2.33. The van der Waals surface area contributed by atoms with Gasteiger partial charge in [-0.2, -0.15) is 0 Å². The summed E-state index contributed by atoms with van der Waals surface area (Å²) in [6, 6.07) is 3.47. The molecule has 0 bridgehead atoms. The number of carbonyl (C=O) groups excluding carboxylic acids is 1. The number of hydrogen-bond donors (Lipinski definition) is 1. The van der Waals surface area contributed by atoms with E-state index in [1.807, 2.05) is 12.1 Å². The van der Waals surface area contributed by atoms with Crippen LogP contribution in [-0.4, -0.2) is 19.6 Å². The minimum absolute atomic E-state index is 0.232. The second kappa shape index (κ2) is 5.48. The second-order valence-electron chi connectivity index (χ2n) is 2.62. The third kappa shape index (κ3) is 2.80. The van der Waals surface area contributed by atoms with Gasteiger partial charge in [0.25, 0.3) is 0 Å². The van der Waals surface area contributed by atoms with E-state index in [-0.39, 0.29) is 12.0 Å². The maximum atomic E-state index is 11.5. The molecule has 0 aliphatic heterocycles. The molecule has 1 rings (SSSR count). The summed E-state index contributed by atoms with van der Waals surface area (Å²) < 4.78 is 5.96. The molecule has 1 aromatic heterocycles. The van der Waals surface area contributed by atoms with Crippen molar-refractivity contribution in [1.29, 1.82) is 0 Å². The van der Waals surface area contributed by atoms with Crippen LogP contribution >= 0.6 is 27.3 Å². The van der Waals surface area contributed by atoms with Gasteiger partial charge in [-0.05, 0) is 42.0 Å². The Bertz CT molecular complexity index is 314. The predicted molar refractivity (Wildman–Crippen MR) is 60.5 cm³/mol. The zero-order valence-corrected chi connectivity index (χ0v) is 10.4. The van der Waals surface area contributed by atoms with E-state index in [9.17, 15) is 4.79 Å². The molecule has 0 amide bonds. The van der Waals surface area contributed by atoms with E-state index in [2.05, 4.69) is 21.2 Å². The maximum absolute atomic E-state index is 11.5. The summed E-state index contributed by atoms with van der Waals surface area (Å²) in [7, 11) is 1.75. The van der Waals surface area contributed by atoms with Gasteiger partial charge in [0.1, 0.15) is 6.04 Å². The van der Waals surface area contributed by atoms with Gasteiger partial charge in [-0.25, -0.2) is 4.79 Å². The molecule has 0 aliphatic carbocycles. The molecule has 0 radical (unpaired) electrons. The molecule has 14 heavy (non-hydrogen) atoms. The number of esters is 1. The molecule has 78 valence electrons. The van der Waals surface area contributed by atoms with Crippen LogP contribution in [0.25, 0.3) is 0 Å². The highest BCUT2D eigenvalue weighted by molar-refractivity contribution is 9.11. The Hall–Kier alpha value is -0.390. The van der Waals surface area contributed by atoms with Crippen LogP contribution in [0, 0.1) is 0 Å². The Balaban J connectivity index is 2.76. The third-order valence-electron chi connectivity index (χ3n) is 1.69. The maximum Gasteiger partial charge on any atom is 0.328 e. The summed E-state index contributed by atoms with van der Waals surface area (Å²) in [6.07, 6.45) is 0. The first-order chi connectivity index (χ1) is 6.69. The minimum Gasteiger partial charge on any atom is -0.465 e. The summed E-state index contributed by atoms with van der Waals surface area (Å²) in [5.41, 5.74) is 0. The van der Waals surface area contributed by atoms with Crippen LogP contribution in [0.5, 0.6) is 0 Å². The van der Waals surface area contributed by atoms with Crippen LogP contribution in [-0.2, 0) is 9.53 Å². The van der Waals surface area contributed by atoms with E-state index in [4.69, 9.17) is 4.74 Å². The van der Waals surface area contributed by atoms with Gasteiger partial charge >= 0.3 is 5.97 Å². The van der Waals surface area contributed by atoms with Crippen LogP contribution in [0.1, 0.15) is 17.8 Å². The first-order valence-corrected chi connectivity index (χ1v) is 5.89. The van der Waals surface area contributed by atoms with Gasteiger partial charge in [-0.15, -0.1) is 11.3 Å². The number of hydrogen-bond acceptors (Lipinski definition) is 4. The van der Waals surface area contributed by atoms with E-state index >= 15 is 0 Å². The van der Waals surface area contributed by atoms with E-state index in [1.54, 1.807) is 14.0 Å². The second-order valence-corrected chi connectivity index (χ2v) is 5.11. The van der Waals surface area contributed by atoms with Crippen molar-refractivity contribution >= 4 is 33.2 Å². The molecule has 5 heteroatoms. The van der Waals surface area contributed by atoms with Gasteiger partial charge in [0.15, 0.2) is 0 Å². The smallest absolute Gasteiger partial charge is 0.328 e. The minimum atomic E-state index is -0.355. The lowest BCUT2D eigenvalue weighted by Gasteiger charge is -2.12. The number of thiophene rings is 1. The Morgan fingerprint density at radius 1 is 1.71 bits per heavy atom. The Morgan fingerprint density at radius 2 is 2.43 bits per heavy atom. The summed E-state index contributed by atoms with van der Waals surface area (Å²) in [4.78, 5) is 12.4. The van der Waals surface area contributed by atoms with Crippen molar-refractivity contribution in [2.24, 2.45) is 0 Å². The standard InChI is InChI=1S/C9H12BrNO2S/c1-3-13-9(12)8(11-2)6-4-5-7(10)14-6/h4-5,8,11H,3H2,1-2H3. The normalized spacial score (nSPS) is 12.5. The fourth-order valence-corrected chi connectivity index (χ4v) is 2.61. The van der Waals surface area contributed by atoms with Crippen LogP contribution < -0.4 is 5.32 Å². The molecule has 0 fully saturated rings. The average molecular weight is 278 g/mol. The molecule has 1 unspecified atom stereocenters. The molecule has 3 nitrogen and oxygen atoms in total. The van der Waals surface area contributed by atoms with Gasteiger partial charge in [0, 0.05) is 4.88 Å². The average Bonchev–Trinajstić information content (AvgIpc) is 2.54. The first-order valence-electron chi connectivity index (χ1n) is 4.28. The van der Waals surface area contributed by atoms with Crippen LogP contribution in [0.2, 0.25) is 0 Å². The highest BCUT2D eigenvalue weighted by Gasteiger charge is 2.21. The molecule has 0 spiro atoms. The first kappa shape index (κ1) is 11.7. The summed E-state index contributed by atoms with van der Waals surface area (Å²) in [5, 5.41) is 2.93. The van der Waals surface area contributed by atoms with E-state index < -0.39 is 0 Å². The van der Waals surface area contributed by atoms with E-state index in [1.165, 1.54) is 11.3 Å². The topological polar surface area (TPSA) is 38.3 Å². The molecule has 0 aromatic carbocycles. The number of ether oxygens (including phenoxy) is 1. The van der Waals surface area contributed by atoms with Gasteiger partial charge in [0.2, 0.25) is 0 Å². The summed E-state index contributed by atoms with van der Waals surface area (Å²) >= 11 is 4.88. The number of carbonyl (C=O) groups is 1. The number of halogens is 1. The van der Waals surface area contributed by atoms with Gasteiger partial charge in [-0.1, -0.05) is 0 Å². The lowest BCUT2D eigenvalue weighted by Crippen LogP contribution is -2.26. The molecule has 1 aromatic rings. The molecule has 1 heterocycles. The summed E-state index contributed by atoms with van der Waals surface area (Å²) in [5.74, 6) is -0.232. The monoisotopic (exact) mass is 277 g/mol. The van der Waals surface area contributed by atoms with Crippen LogP contribution in [0.4, 0.5) is 0 Å². The molecule has 1 atom stereocenters. The molecule has 0 saturated carbocycles. The molecular formula is C9H12BrNO2S. The van der Waals surface area contributed by atoms with E-state index in [0.29, 0.717) is 6.61 Å². The molecule has 1 N–H and O–H groups in total. The fourth-order valence-electron chi connectivity index (χ4n) is 1.09. The molecule has 0 aliphatic rings. The van der Waals surface area contributed by atoms with Crippen LogP contribution in [0.15, 0.2) is 15.9 Å². The van der Waals surface area contributed by atoms with Crippen molar-refractivity contribution in [2.75, 3.05) is 13.7 Å². The third-order valence-corrected chi connectivity index (χ3v) is 3.38. The zero-order chi connectivity index (χ0) is 10.6. The number of likely N-dealkylation sites (N-methyl/N-ethyl adjacent to an activating group) is 1. The quantitative estimate of drug-likeness (QED) is 0.859.